The summed E-state index contributed by atoms with van der Waals surface area (Å²) in [7, 11) is 0. The minimum atomic E-state index is 0.0525. The molecule has 8 aromatic rings. The molecule has 0 fully saturated rings. The van der Waals surface area contributed by atoms with Crippen molar-refractivity contribution in [3.63, 3.8) is 0 Å². The van der Waals surface area contributed by atoms with Crippen LogP contribution in [0.4, 0.5) is 0 Å². The fourth-order valence-corrected chi connectivity index (χ4v) is 9.10. The first-order valence-corrected chi connectivity index (χ1v) is 18.6. The molecule has 0 amide bonds. The summed E-state index contributed by atoms with van der Waals surface area (Å²) in [5.41, 5.74) is 15.0. The Labute approximate surface area is 300 Å². The Morgan fingerprint density at radius 1 is 0.529 bits per heavy atom. The molecule has 0 aliphatic heterocycles. The molecule has 51 heavy (non-hydrogen) atoms. The van der Waals surface area contributed by atoms with Crippen LogP contribution in [0.25, 0.3) is 82.6 Å². The lowest BCUT2D eigenvalue weighted by Gasteiger charge is -2.26. The zero-order valence-corrected chi connectivity index (χ0v) is 30.5. The number of aromatic nitrogens is 1. The minimum absolute atomic E-state index is 0.0525. The van der Waals surface area contributed by atoms with E-state index in [2.05, 4.69) is 174 Å². The third kappa shape index (κ3) is 4.40. The molecule has 1 aromatic heterocycles. The van der Waals surface area contributed by atoms with Crippen molar-refractivity contribution < 1.29 is 0 Å². The summed E-state index contributed by atoms with van der Waals surface area (Å²) >= 11 is 0. The molecule has 1 heterocycles. The Balaban J connectivity index is 1.34. The standard InChI is InChI=1S/C50H43N/c1-49(2,3)33-22-26-43-41(28-33)42-29-34(50(4,5)6)23-27-44(42)51(43)48-39-16-9-7-14-35(39)47(36-15-8-10-17-40(36)48)38-25-21-32-19-18-30-12-11-13-31-20-24-37(38)46(32)45(30)31/h7-12,14-23,25-29H,13,24H2,1-6H3. The van der Waals surface area contributed by atoms with Gasteiger partial charge in [-0.05, 0) is 114 Å². The second-order valence-electron chi connectivity index (χ2n) is 16.9. The summed E-state index contributed by atoms with van der Waals surface area (Å²) in [5, 5.41) is 10.6. The SMILES string of the molecule is CC(C)(C)c1ccc2c(c1)c1cc(C(C)(C)C)ccc1n2-c1c2ccccc2c(-c2ccc3ccc4c5c3c2CC=C5CC=C4)c2ccccc12. The van der Waals surface area contributed by atoms with Gasteiger partial charge in [0, 0.05) is 21.5 Å². The quantitative estimate of drug-likeness (QED) is 0.163. The predicted octanol–water partition coefficient (Wildman–Crippen LogP) is 13.9. The molecule has 7 aromatic carbocycles. The summed E-state index contributed by atoms with van der Waals surface area (Å²) < 4.78 is 2.57. The highest BCUT2D eigenvalue weighted by Crippen LogP contribution is 2.49. The van der Waals surface area contributed by atoms with Crippen LogP contribution >= 0.6 is 0 Å². The van der Waals surface area contributed by atoms with Crippen LogP contribution < -0.4 is 0 Å². The maximum atomic E-state index is 2.57. The number of hydrogen-bond acceptors (Lipinski definition) is 0. The topological polar surface area (TPSA) is 4.93 Å². The van der Waals surface area contributed by atoms with Crippen LogP contribution in [0.1, 0.15) is 75.8 Å². The van der Waals surface area contributed by atoms with Crippen molar-refractivity contribution in [1.82, 2.24) is 4.57 Å². The highest BCUT2D eigenvalue weighted by molar-refractivity contribution is 6.22. The van der Waals surface area contributed by atoms with Crippen molar-refractivity contribution in [2.75, 3.05) is 0 Å². The van der Waals surface area contributed by atoms with Gasteiger partial charge in [-0.25, -0.2) is 0 Å². The van der Waals surface area contributed by atoms with Crippen molar-refractivity contribution >= 4 is 65.8 Å². The molecule has 0 unspecified atom stereocenters. The van der Waals surface area contributed by atoms with Gasteiger partial charge in [0.25, 0.3) is 0 Å². The number of allylic oxidation sites excluding steroid dienone is 3. The van der Waals surface area contributed by atoms with Crippen molar-refractivity contribution in [3.05, 3.63) is 149 Å². The van der Waals surface area contributed by atoms with Gasteiger partial charge in [-0.1, -0.05) is 145 Å². The van der Waals surface area contributed by atoms with E-state index in [4.69, 9.17) is 0 Å². The van der Waals surface area contributed by atoms with Gasteiger partial charge in [-0.2, -0.15) is 0 Å². The van der Waals surface area contributed by atoms with Gasteiger partial charge in [0.1, 0.15) is 0 Å². The van der Waals surface area contributed by atoms with Crippen LogP contribution in [-0.2, 0) is 17.3 Å². The van der Waals surface area contributed by atoms with Crippen molar-refractivity contribution in [2.45, 2.75) is 65.2 Å². The van der Waals surface area contributed by atoms with E-state index < -0.39 is 0 Å². The Morgan fingerprint density at radius 2 is 1.10 bits per heavy atom. The summed E-state index contributed by atoms with van der Waals surface area (Å²) in [5.74, 6) is 0. The fraction of sp³-hybridized carbons (Fsp3) is 0.200. The first kappa shape index (κ1) is 30.4. The molecule has 0 N–H and O–H groups in total. The second kappa shape index (κ2) is 10.6. The lowest BCUT2D eigenvalue weighted by molar-refractivity contribution is 0.590. The maximum Gasteiger partial charge on any atom is 0.0619 e. The van der Waals surface area contributed by atoms with E-state index in [0.717, 1.165) is 12.8 Å². The third-order valence-corrected chi connectivity index (χ3v) is 11.7. The monoisotopic (exact) mass is 657 g/mol. The number of benzene rings is 7. The van der Waals surface area contributed by atoms with E-state index in [1.807, 2.05) is 0 Å². The van der Waals surface area contributed by atoms with Gasteiger partial charge in [-0.15, -0.1) is 0 Å². The molecule has 2 aliphatic carbocycles. The number of hydrogen-bond donors (Lipinski definition) is 0. The Kier molecular flexibility index (Phi) is 6.30. The molecule has 0 bridgehead atoms. The Morgan fingerprint density at radius 3 is 1.69 bits per heavy atom. The molecule has 0 atom stereocenters. The van der Waals surface area contributed by atoms with E-state index in [1.54, 1.807) is 0 Å². The van der Waals surface area contributed by atoms with E-state index in [-0.39, 0.29) is 10.8 Å². The summed E-state index contributed by atoms with van der Waals surface area (Å²) in [6, 6.07) is 42.0. The first-order chi connectivity index (χ1) is 24.6. The number of nitrogens with zero attached hydrogens (tertiary/aromatic N) is 1. The van der Waals surface area contributed by atoms with Crippen LogP contribution in [0.5, 0.6) is 0 Å². The van der Waals surface area contributed by atoms with Crippen LogP contribution in [-0.4, -0.2) is 4.57 Å². The third-order valence-electron chi connectivity index (χ3n) is 11.7. The fourth-order valence-electron chi connectivity index (χ4n) is 9.10. The van der Waals surface area contributed by atoms with Crippen LogP contribution in [0.2, 0.25) is 0 Å². The van der Waals surface area contributed by atoms with E-state index in [9.17, 15) is 0 Å². The molecule has 0 saturated heterocycles. The molecule has 0 spiro atoms. The number of fused-ring (bicyclic) bond motifs is 5. The van der Waals surface area contributed by atoms with Crippen LogP contribution in [0.15, 0.2) is 121 Å². The van der Waals surface area contributed by atoms with Gasteiger partial charge >= 0.3 is 0 Å². The van der Waals surface area contributed by atoms with Gasteiger partial charge in [0.2, 0.25) is 0 Å². The normalized spacial score (nSPS) is 14.4. The molecule has 248 valence electrons. The van der Waals surface area contributed by atoms with Gasteiger partial charge < -0.3 is 4.57 Å². The van der Waals surface area contributed by atoms with Crippen molar-refractivity contribution in [1.29, 1.82) is 0 Å². The van der Waals surface area contributed by atoms with Gasteiger partial charge in [0.05, 0.1) is 16.7 Å². The Hall–Kier alpha value is -5.40. The molecular formula is C50H43N. The van der Waals surface area contributed by atoms with E-state index >= 15 is 0 Å². The lowest BCUT2D eigenvalue weighted by atomic mass is 9.78. The summed E-state index contributed by atoms with van der Waals surface area (Å²) in [6.45, 7) is 13.9. The van der Waals surface area contributed by atoms with Gasteiger partial charge in [-0.3, -0.25) is 0 Å². The van der Waals surface area contributed by atoms with Gasteiger partial charge in [0.15, 0.2) is 0 Å². The zero-order valence-electron chi connectivity index (χ0n) is 30.5. The average molecular weight is 658 g/mol. The van der Waals surface area contributed by atoms with Crippen LogP contribution in [0, 0.1) is 0 Å². The van der Waals surface area contributed by atoms with Crippen molar-refractivity contribution in [3.8, 4) is 16.8 Å². The molecule has 1 nitrogen and oxygen atoms in total. The predicted molar refractivity (Wildman–Crippen MR) is 221 cm³/mol. The molecule has 0 saturated carbocycles. The minimum Gasteiger partial charge on any atom is -0.308 e. The van der Waals surface area contributed by atoms with Crippen LogP contribution in [0.3, 0.4) is 0 Å². The smallest absolute Gasteiger partial charge is 0.0619 e. The maximum absolute atomic E-state index is 2.57. The average Bonchev–Trinajstić information content (AvgIpc) is 3.45. The highest BCUT2D eigenvalue weighted by atomic mass is 15.0. The lowest BCUT2D eigenvalue weighted by Crippen LogP contribution is -2.10. The highest BCUT2D eigenvalue weighted by Gasteiger charge is 2.27. The molecule has 10 rings (SSSR count). The molecule has 0 radical (unpaired) electrons. The van der Waals surface area contributed by atoms with Crippen molar-refractivity contribution in [2.24, 2.45) is 0 Å². The molecular weight excluding hydrogens is 615 g/mol. The Bertz CT molecular complexity index is 2730. The van der Waals surface area contributed by atoms with E-state index in [0.29, 0.717) is 0 Å². The largest absolute Gasteiger partial charge is 0.308 e. The summed E-state index contributed by atoms with van der Waals surface area (Å²) in [4.78, 5) is 0. The summed E-state index contributed by atoms with van der Waals surface area (Å²) in [6.07, 6.45) is 9.09. The molecule has 2 aliphatic rings. The van der Waals surface area contributed by atoms with E-state index in [1.165, 1.54) is 104 Å². The zero-order chi connectivity index (χ0) is 34.8. The first-order valence-electron chi connectivity index (χ1n) is 18.6. The second-order valence-corrected chi connectivity index (χ2v) is 16.9. The number of rotatable bonds is 2. The molecule has 1 heteroatoms.